The number of esters is 1. The summed E-state index contributed by atoms with van der Waals surface area (Å²) in [4.78, 5) is 35.8. The Morgan fingerprint density at radius 2 is 1.79 bits per heavy atom. The highest BCUT2D eigenvalue weighted by atomic mass is 16.6. The van der Waals surface area contributed by atoms with Crippen LogP contribution in [0.4, 0.5) is 4.79 Å². The van der Waals surface area contributed by atoms with Crippen molar-refractivity contribution >= 4 is 28.7 Å². The molecule has 0 amide bonds. The number of fused-ring (bicyclic) bond motifs is 1. The van der Waals surface area contributed by atoms with Crippen molar-refractivity contribution in [3.63, 3.8) is 0 Å². The summed E-state index contributed by atoms with van der Waals surface area (Å²) in [5, 5.41) is 0.667. The van der Waals surface area contributed by atoms with Gasteiger partial charge in [-0.2, -0.15) is 0 Å². The van der Waals surface area contributed by atoms with E-state index in [0.717, 1.165) is 5.56 Å². The number of hydrogen-bond acceptors (Lipinski definition) is 5. The number of carbonyl (C=O) groups excluding carboxylic acids is 3. The number of methoxy groups -OCH3 is 1. The summed E-state index contributed by atoms with van der Waals surface area (Å²) in [7, 11) is 1.25. The number of nitrogens with zero attached hydrogens (tertiary/aromatic N) is 1. The van der Waals surface area contributed by atoms with E-state index in [4.69, 9.17) is 9.47 Å². The number of Topliss-reactive ketones (excluding diaryl/α,β-unsaturated/α-hetero) is 1. The van der Waals surface area contributed by atoms with E-state index in [0.29, 0.717) is 17.3 Å². The van der Waals surface area contributed by atoms with Gasteiger partial charge in [0, 0.05) is 11.8 Å². The molecule has 0 spiro atoms. The van der Waals surface area contributed by atoms with Crippen LogP contribution in [-0.2, 0) is 20.7 Å². The zero-order valence-corrected chi connectivity index (χ0v) is 14.5. The number of benzene rings is 1. The maximum Gasteiger partial charge on any atom is 0.419 e. The number of carbonyl (C=O) groups is 3. The van der Waals surface area contributed by atoms with Gasteiger partial charge >= 0.3 is 12.1 Å². The number of ether oxygens (including phenoxy) is 2. The summed E-state index contributed by atoms with van der Waals surface area (Å²) < 4.78 is 11.3. The first-order chi connectivity index (χ1) is 11.1. The van der Waals surface area contributed by atoms with Gasteiger partial charge in [-0.25, -0.2) is 14.2 Å². The van der Waals surface area contributed by atoms with Crippen LogP contribution in [0, 0.1) is 0 Å². The van der Waals surface area contributed by atoms with Gasteiger partial charge < -0.3 is 9.47 Å². The molecule has 0 bridgehead atoms. The fourth-order valence-corrected chi connectivity index (χ4v) is 2.42. The predicted molar refractivity (Wildman–Crippen MR) is 89.3 cm³/mol. The smallest absolute Gasteiger partial charge is 0.419 e. The van der Waals surface area contributed by atoms with Crippen molar-refractivity contribution < 1.29 is 23.9 Å². The molecule has 0 N–H and O–H groups in total. The largest absolute Gasteiger partial charge is 0.464 e. The van der Waals surface area contributed by atoms with Crippen LogP contribution >= 0.6 is 0 Å². The Morgan fingerprint density at radius 1 is 1.12 bits per heavy atom. The first kappa shape index (κ1) is 17.7. The van der Waals surface area contributed by atoms with Crippen molar-refractivity contribution in [2.75, 3.05) is 7.11 Å². The number of ketones is 1. The molecule has 6 nitrogen and oxygen atoms in total. The Bertz CT molecular complexity index is 811. The minimum atomic E-state index is -0.699. The summed E-state index contributed by atoms with van der Waals surface area (Å²) in [5.74, 6) is -0.598. The van der Waals surface area contributed by atoms with Crippen LogP contribution in [0.2, 0.25) is 0 Å². The van der Waals surface area contributed by atoms with Gasteiger partial charge in [0.2, 0.25) is 0 Å². The van der Waals surface area contributed by atoms with Gasteiger partial charge in [0.25, 0.3) is 0 Å². The first-order valence-corrected chi connectivity index (χ1v) is 7.58. The molecule has 0 saturated heterocycles. The molecular formula is C18H21NO5. The lowest BCUT2D eigenvalue weighted by Crippen LogP contribution is -2.29. The molecule has 1 heterocycles. The summed E-state index contributed by atoms with van der Waals surface area (Å²) in [5.41, 5.74) is 0.724. The quantitative estimate of drug-likeness (QED) is 0.806. The predicted octanol–water partition coefficient (Wildman–Crippen LogP) is 3.34. The third-order valence-corrected chi connectivity index (χ3v) is 3.29. The van der Waals surface area contributed by atoms with Crippen LogP contribution in [0.25, 0.3) is 10.9 Å². The van der Waals surface area contributed by atoms with Gasteiger partial charge in [-0.1, -0.05) is 6.07 Å². The monoisotopic (exact) mass is 331 g/mol. The Labute approximate surface area is 140 Å². The maximum atomic E-state index is 12.5. The molecule has 0 saturated carbocycles. The zero-order chi connectivity index (χ0) is 18.1. The highest BCUT2D eigenvalue weighted by molar-refractivity contribution is 6.01. The van der Waals surface area contributed by atoms with Gasteiger partial charge in [0.05, 0.1) is 12.6 Å². The second kappa shape index (κ2) is 6.47. The Kier molecular flexibility index (Phi) is 4.78. The van der Waals surface area contributed by atoms with Crippen LogP contribution in [0.5, 0.6) is 0 Å². The van der Waals surface area contributed by atoms with Crippen molar-refractivity contribution in [1.82, 2.24) is 4.57 Å². The van der Waals surface area contributed by atoms with Gasteiger partial charge in [0.1, 0.15) is 17.1 Å². The third-order valence-electron chi connectivity index (χ3n) is 3.29. The molecule has 128 valence electrons. The van der Waals surface area contributed by atoms with Gasteiger partial charge in [-0.3, -0.25) is 4.79 Å². The zero-order valence-electron chi connectivity index (χ0n) is 14.5. The molecule has 2 aromatic rings. The molecular weight excluding hydrogens is 310 g/mol. The summed E-state index contributed by atoms with van der Waals surface area (Å²) in [6.45, 7) is 6.76. The van der Waals surface area contributed by atoms with Gasteiger partial charge in [0.15, 0.2) is 0 Å². The molecule has 1 aromatic carbocycles. The van der Waals surface area contributed by atoms with Crippen molar-refractivity contribution in [2.45, 2.75) is 39.7 Å². The first-order valence-electron chi connectivity index (χ1n) is 7.58. The number of rotatable bonds is 3. The minimum absolute atomic E-state index is 0.0362. The Hall–Kier alpha value is -2.63. The molecule has 1 aromatic heterocycles. The average Bonchev–Trinajstić information content (AvgIpc) is 2.82. The van der Waals surface area contributed by atoms with Crippen LogP contribution in [0.3, 0.4) is 0 Å². The van der Waals surface area contributed by atoms with E-state index >= 15 is 0 Å². The van der Waals surface area contributed by atoms with Crippen LogP contribution < -0.4 is 0 Å². The number of hydrogen-bond donors (Lipinski definition) is 0. The van der Waals surface area contributed by atoms with Crippen molar-refractivity contribution in [3.8, 4) is 0 Å². The lowest BCUT2D eigenvalue weighted by Gasteiger charge is -2.20. The van der Waals surface area contributed by atoms with Crippen LogP contribution in [0.15, 0.2) is 24.3 Å². The molecule has 0 fully saturated rings. The van der Waals surface area contributed by atoms with E-state index in [1.807, 2.05) is 0 Å². The van der Waals surface area contributed by atoms with E-state index in [1.165, 1.54) is 18.6 Å². The Balaban J connectivity index is 2.59. The van der Waals surface area contributed by atoms with Crippen LogP contribution in [0.1, 0.15) is 43.7 Å². The molecule has 2 rings (SSSR count). The van der Waals surface area contributed by atoms with E-state index in [2.05, 4.69) is 0 Å². The molecule has 0 radical (unpaired) electrons. The van der Waals surface area contributed by atoms with Crippen molar-refractivity contribution in [2.24, 2.45) is 0 Å². The van der Waals surface area contributed by atoms with E-state index in [9.17, 15) is 14.4 Å². The molecule has 6 heteroatoms. The second-order valence-corrected chi connectivity index (χ2v) is 6.61. The lowest BCUT2D eigenvalue weighted by molar-refractivity contribution is -0.116. The van der Waals surface area contributed by atoms with Crippen molar-refractivity contribution in [3.05, 3.63) is 35.5 Å². The summed E-state index contributed by atoms with van der Waals surface area (Å²) in [6, 6.07) is 6.80. The van der Waals surface area contributed by atoms with E-state index < -0.39 is 17.7 Å². The maximum absolute atomic E-state index is 12.5. The molecule has 0 unspecified atom stereocenters. The normalized spacial score (nSPS) is 11.4. The second-order valence-electron chi connectivity index (χ2n) is 6.61. The summed E-state index contributed by atoms with van der Waals surface area (Å²) >= 11 is 0. The van der Waals surface area contributed by atoms with Gasteiger partial charge in [-0.05, 0) is 51.5 Å². The topological polar surface area (TPSA) is 74.6 Å². The van der Waals surface area contributed by atoms with Crippen molar-refractivity contribution in [1.29, 1.82) is 0 Å². The van der Waals surface area contributed by atoms with Gasteiger partial charge in [-0.15, -0.1) is 0 Å². The van der Waals surface area contributed by atoms with E-state index in [-0.39, 0.29) is 11.5 Å². The fourth-order valence-electron chi connectivity index (χ4n) is 2.42. The molecule has 0 aliphatic carbocycles. The SMILES string of the molecule is COC(=O)c1cc2cc(CC(C)=O)ccc2n1C(=O)OC(C)(C)C. The number of aromatic nitrogens is 1. The molecule has 24 heavy (non-hydrogen) atoms. The highest BCUT2D eigenvalue weighted by Gasteiger charge is 2.25. The third kappa shape index (κ3) is 3.82. The Morgan fingerprint density at radius 3 is 2.33 bits per heavy atom. The van der Waals surface area contributed by atoms with E-state index in [1.54, 1.807) is 45.0 Å². The van der Waals surface area contributed by atoms with Crippen LogP contribution in [-0.4, -0.2) is 35.1 Å². The summed E-state index contributed by atoms with van der Waals surface area (Å²) in [6.07, 6.45) is -0.363. The minimum Gasteiger partial charge on any atom is -0.464 e. The standard InChI is InChI=1S/C18H21NO5/c1-11(20)8-12-6-7-14-13(9-12)10-15(16(21)23-5)19(14)17(22)24-18(2,3)4/h6-7,9-10H,8H2,1-5H3. The molecule has 0 aliphatic rings. The highest BCUT2D eigenvalue weighted by Crippen LogP contribution is 2.24. The fraction of sp³-hybridized carbons (Fsp3) is 0.389. The average molecular weight is 331 g/mol. The lowest BCUT2D eigenvalue weighted by atomic mass is 10.1. The molecule has 0 atom stereocenters. The molecule has 0 aliphatic heterocycles.